The van der Waals surface area contributed by atoms with Crippen molar-refractivity contribution in [3.63, 3.8) is 0 Å². The average molecular weight is 229 g/mol. The molecule has 3 atom stereocenters. The van der Waals surface area contributed by atoms with E-state index in [-0.39, 0.29) is 12.5 Å². The van der Waals surface area contributed by atoms with E-state index in [9.17, 15) is 9.59 Å². The van der Waals surface area contributed by atoms with E-state index in [1.54, 1.807) is 6.92 Å². The molecule has 0 saturated heterocycles. The molecule has 0 bridgehead atoms. The van der Waals surface area contributed by atoms with E-state index < -0.39 is 23.9 Å². The zero-order valence-corrected chi connectivity index (χ0v) is 9.48. The highest BCUT2D eigenvalue weighted by atomic mass is 16.4. The number of carbonyl (C=O) groups excluding carboxylic acids is 1. The summed E-state index contributed by atoms with van der Waals surface area (Å²) < 4.78 is 0. The van der Waals surface area contributed by atoms with Crippen LogP contribution in [0.25, 0.3) is 0 Å². The molecule has 92 valence electrons. The fourth-order valence-corrected chi connectivity index (χ4v) is 2.12. The van der Waals surface area contributed by atoms with Gasteiger partial charge in [-0.05, 0) is 19.8 Å². The first-order valence-electron chi connectivity index (χ1n) is 5.71. The van der Waals surface area contributed by atoms with Gasteiger partial charge in [0, 0.05) is 6.54 Å². The van der Waals surface area contributed by atoms with Gasteiger partial charge in [0.1, 0.15) is 0 Å². The van der Waals surface area contributed by atoms with Crippen LogP contribution in [0.4, 0.5) is 0 Å². The summed E-state index contributed by atoms with van der Waals surface area (Å²) >= 11 is 0. The van der Waals surface area contributed by atoms with E-state index in [0.29, 0.717) is 12.8 Å². The first-order chi connectivity index (χ1) is 7.52. The quantitative estimate of drug-likeness (QED) is 0.650. The molecule has 1 fully saturated rings. The molecule has 0 aromatic rings. The van der Waals surface area contributed by atoms with Crippen molar-refractivity contribution in [2.24, 2.45) is 11.8 Å². The van der Waals surface area contributed by atoms with Gasteiger partial charge in [0.05, 0.1) is 17.9 Å². The molecule has 3 N–H and O–H groups in total. The number of carboxylic acids is 1. The van der Waals surface area contributed by atoms with Gasteiger partial charge in [-0.15, -0.1) is 0 Å². The second-order valence-corrected chi connectivity index (χ2v) is 4.43. The number of aliphatic hydroxyl groups excluding tert-OH is 1. The van der Waals surface area contributed by atoms with Crippen LogP contribution in [0.5, 0.6) is 0 Å². The summed E-state index contributed by atoms with van der Waals surface area (Å²) in [5.41, 5.74) is 0. The van der Waals surface area contributed by atoms with Gasteiger partial charge in [0.25, 0.3) is 0 Å². The van der Waals surface area contributed by atoms with E-state index in [4.69, 9.17) is 10.2 Å². The van der Waals surface area contributed by atoms with E-state index in [1.807, 2.05) is 0 Å². The third-order valence-corrected chi connectivity index (χ3v) is 2.99. The molecule has 1 aliphatic rings. The minimum Gasteiger partial charge on any atom is -0.481 e. The predicted molar refractivity (Wildman–Crippen MR) is 57.8 cm³/mol. The molecule has 0 radical (unpaired) electrons. The molecular weight excluding hydrogens is 210 g/mol. The lowest BCUT2D eigenvalue weighted by molar-refractivity contribution is -0.149. The molecule has 0 aliphatic heterocycles. The molecular formula is C11H19NO4. The number of hydrogen-bond acceptors (Lipinski definition) is 3. The lowest BCUT2D eigenvalue weighted by Gasteiger charge is -2.27. The van der Waals surface area contributed by atoms with Crippen molar-refractivity contribution in [3.05, 3.63) is 0 Å². The second kappa shape index (κ2) is 5.84. The average Bonchev–Trinajstić information content (AvgIpc) is 2.25. The normalized spacial score (nSPS) is 27.1. The smallest absolute Gasteiger partial charge is 0.307 e. The van der Waals surface area contributed by atoms with Crippen LogP contribution in [0.3, 0.4) is 0 Å². The SMILES string of the molecule is C[C@@H](O)CNC(=O)[C@@H]1CCCC[C@@H]1C(=O)O. The fraction of sp³-hybridized carbons (Fsp3) is 0.818. The third kappa shape index (κ3) is 3.48. The van der Waals surface area contributed by atoms with Crippen LogP contribution < -0.4 is 5.32 Å². The molecule has 5 nitrogen and oxygen atoms in total. The summed E-state index contributed by atoms with van der Waals surface area (Å²) in [6.07, 6.45) is 2.37. The Labute approximate surface area is 94.8 Å². The van der Waals surface area contributed by atoms with Crippen LogP contribution in [0.15, 0.2) is 0 Å². The predicted octanol–water partition coefficient (Wildman–Crippen LogP) is 0.374. The van der Waals surface area contributed by atoms with Crippen molar-refractivity contribution in [2.45, 2.75) is 38.7 Å². The van der Waals surface area contributed by atoms with E-state index in [0.717, 1.165) is 12.8 Å². The van der Waals surface area contributed by atoms with Crippen molar-refractivity contribution in [1.82, 2.24) is 5.32 Å². The van der Waals surface area contributed by atoms with Gasteiger partial charge in [0.2, 0.25) is 5.91 Å². The Morgan fingerprint density at radius 3 is 2.38 bits per heavy atom. The molecule has 1 rings (SSSR count). The molecule has 5 heteroatoms. The maximum absolute atomic E-state index is 11.7. The Morgan fingerprint density at radius 2 is 1.88 bits per heavy atom. The Bertz CT molecular complexity index is 265. The van der Waals surface area contributed by atoms with Crippen molar-refractivity contribution in [3.8, 4) is 0 Å². The summed E-state index contributed by atoms with van der Waals surface area (Å²) in [7, 11) is 0. The van der Waals surface area contributed by atoms with Gasteiger partial charge in [-0.1, -0.05) is 12.8 Å². The Hall–Kier alpha value is -1.10. The number of aliphatic carboxylic acids is 1. The Morgan fingerprint density at radius 1 is 1.31 bits per heavy atom. The maximum Gasteiger partial charge on any atom is 0.307 e. The van der Waals surface area contributed by atoms with Crippen LogP contribution in [-0.4, -0.2) is 34.7 Å². The minimum absolute atomic E-state index is 0.182. The molecule has 0 aromatic heterocycles. The second-order valence-electron chi connectivity index (χ2n) is 4.43. The third-order valence-electron chi connectivity index (χ3n) is 2.99. The van der Waals surface area contributed by atoms with Crippen molar-refractivity contribution in [1.29, 1.82) is 0 Å². The molecule has 0 aromatic carbocycles. The first kappa shape index (κ1) is 13.0. The largest absolute Gasteiger partial charge is 0.481 e. The molecule has 16 heavy (non-hydrogen) atoms. The summed E-state index contributed by atoms with van der Waals surface area (Å²) in [5, 5.41) is 20.6. The highest BCUT2D eigenvalue weighted by Gasteiger charge is 2.35. The topological polar surface area (TPSA) is 86.6 Å². The monoisotopic (exact) mass is 229 g/mol. The molecule has 1 amide bonds. The van der Waals surface area contributed by atoms with E-state index >= 15 is 0 Å². The van der Waals surface area contributed by atoms with Crippen LogP contribution in [0.2, 0.25) is 0 Å². The van der Waals surface area contributed by atoms with Gasteiger partial charge in [-0.25, -0.2) is 0 Å². The van der Waals surface area contributed by atoms with E-state index in [1.165, 1.54) is 0 Å². The standard InChI is InChI=1S/C11H19NO4/c1-7(13)6-12-10(14)8-4-2-3-5-9(8)11(15)16/h7-9,13H,2-6H2,1H3,(H,12,14)(H,15,16)/t7-,8-,9+/m1/s1. The number of rotatable bonds is 4. The lowest BCUT2D eigenvalue weighted by Crippen LogP contribution is -2.41. The number of nitrogens with one attached hydrogen (secondary N) is 1. The lowest BCUT2D eigenvalue weighted by atomic mass is 9.78. The van der Waals surface area contributed by atoms with Crippen molar-refractivity contribution in [2.75, 3.05) is 6.54 Å². The van der Waals surface area contributed by atoms with Crippen LogP contribution >= 0.6 is 0 Å². The number of hydrogen-bond donors (Lipinski definition) is 3. The zero-order valence-electron chi connectivity index (χ0n) is 9.48. The van der Waals surface area contributed by atoms with Crippen molar-refractivity contribution >= 4 is 11.9 Å². The number of carbonyl (C=O) groups is 2. The fourth-order valence-electron chi connectivity index (χ4n) is 2.12. The summed E-state index contributed by atoms with van der Waals surface area (Å²) in [4.78, 5) is 22.7. The highest BCUT2D eigenvalue weighted by Crippen LogP contribution is 2.30. The Balaban J connectivity index is 2.54. The molecule has 1 saturated carbocycles. The zero-order chi connectivity index (χ0) is 12.1. The highest BCUT2D eigenvalue weighted by molar-refractivity contribution is 5.84. The van der Waals surface area contributed by atoms with Crippen molar-refractivity contribution < 1.29 is 19.8 Å². The summed E-state index contributed by atoms with van der Waals surface area (Å²) in [6, 6.07) is 0. The first-order valence-corrected chi connectivity index (χ1v) is 5.71. The van der Waals surface area contributed by atoms with Gasteiger partial charge < -0.3 is 15.5 Å². The molecule has 0 unspecified atom stereocenters. The number of aliphatic hydroxyl groups is 1. The number of carboxylic acid groups (broad SMARTS) is 1. The number of amides is 1. The van der Waals surface area contributed by atoms with Gasteiger partial charge in [-0.3, -0.25) is 9.59 Å². The van der Waals surface area contributed by atoms with Gasteiger partial charge >= 0.3 is 5.97 Å². The van der Waals surface area contributed by atoms with E-state index in [2.05, 4.69) is 5.32 Å². The van der Waals surface area contributed by atoms with Crippen LogP contribution in [0.1, 0.15) is 32.6 Å². The molecule has 1 aliphatic carbocycles. The summed E-state index contributed by atoms with van der Waals surface area (Å²) in [6.45, 7) is 1.76. The van der Waals surface area contributed by atoms with Gasteiger partial charge in [0.15, 0.2) is 0 Å². The Kier molecular flexibility index (Phi) is 4.73. The van der Waals surface area contributed by atoms with Crippen LogP contribution in [0, 0.1) is 11.8 Å². The maximum atomic E-state index is 11.7. The minimum atomic E-state index is -0.892. The summed E-state index contributed by atoms with van der Waals surface area (Å²) in [5.74, 6) is -2.14. The molecule has 0 heterocycles. The van der Waals surface area contributed by atoms with Crippen LogP contribution in [-0.2, 0) is 9.59 Å². The molecule has 0 spiro atoms. The van der Waals surface area contributed by atoms with Gasteiger partial charge in [-0.2, -0.15) is 0 Å².